The van der Waals surface area contributed by atoms with Crippen LogP contribution in [0.3, 0.4) is 0 Å². The lowest BCUT2D eigenvalue weighted by atomic mass is 10.1. The Balaban J connectivity index is 2.36. The van der Waals surface area contributed by atoms with Crippen LogP contribution in [0.25, 0.3) is 0 Å². The summed E-state index contributed by atoms with van der Waals surface area (Å²) < 4.78 is 0. The molecule has 1 amide bonds. The van der Waals surface area contributed by atoms with Gasteiger partial charge in [0.05, 0.1) is 12.5 Å². The van der Waals surface area contributed by atoms with Crippen LogP contribution < -0.4 is 5.32 Å². The second kappa shape index (κ2) is 6.98. The molecule has 1 aromatic rings. The molecule has 1 rings (SSSR count). The molecule has 1 unspecified atom stereocenters. The highest BCUT2D eigenvalue weighted by Gasteiger charge is 2.10. The standard InChI is InChI=1S/C12H14ClNO4/c13-9-3-1-8(2-4-9)10(15)7-14-11(16)5-6-12(17)18/h1-4,10,15H,5-7H2,(H,14,16)(H,17,18). The first-order valence-corrected chi connectivity index (χ1v) is 5.79. The summed E-state index contributed by atoms with van der Waals surface area (Å²) in [6, 6.07) is 6.62. The van der Waals surface area contributed by atoms with Gasteiger partial charge in [-0.1, -0.05) is 23.7 Å². The number of benzene rings is 1. The summed E-state index contributed by atoms with van der Waals surface area (Å²) in [5.74, 6) is -1.42. The number of aliphatic hydroxyl groups is 1. The van der Waals surface area contributed by atoms with Crippen LogP contribution >= 0.6 is 11.6 Å². The first kappa shape index (κ1) is 14.5. The number of aliphatic hydroxyl groups excluding tert-OH is 1. The number of aliphatic carboxylic acids is 1. The molecule has 98 valence electrons. The van der Waals surface area contributed by atoms with Gasteiger partial charge in [-0.2, -0.15) is 0 Å². The van der Waals surface area contributed by atoms with Gasteiger partial charge in [0.25, 0.3) is 0 Å². The van der Waals surface area contributed by atoms with Gasteiger partial charge < -0.3 is 15.5 Å². The number of carbonyl (C=O) groups is 2. The van der Waals surface area contributed by atoms with Crippen molar-refractivity contribution in [3.63, 3.8) is 0 Å². The van der Waals surface area contributed by atoms with Crippen molar-refractivity contribution in [1.82, 2.24) is 5.32 Å². The largest absolute Gasteiger partial charge is 0.481 e. The lowest BCUT2D eigenvalue weighted by molar-refractivity contribution is -0.138. The molecule has 0 bridgehead atoms. The second-order valence-electron chi connectivity index (χ2n) is 3.77. The van der Waals surface area contributed by atoms with Crippen LogP contribution in [0.2, 0.25) is 5.02 Å². The molecule has 1 atom stereocenters. The molecule has 0 radical (unpaired) electrons. The molecule has 0 saturated carbocycles. The highest BCUT2D eigenvalue weighted by molar-refractivity contribution is 6.30. The van der Waals surface area contributed by atoms with Gasteiger partial charge >= 0.3 is 5.97 Å². The highest BCUT2D eigenvalue weighted by atomic mass is 35.5. The van der Waals surface area contributed by atoms with Gasteiger partial charge in [-0.15, -0.1) is 0 Å². The van der Waals surface area contributed by atoms with Crippen LogP contribution in [0, 0.1) is 0 Å². The molecule has 0 aliphatic carbocycles. The van der Waals surface area contributed by atoms with Crippen LogP contribution in [0.4, 0.5) is 0 Å². The van der Waals surface area contributed by atoms with Gasteiger partial charge in [-0.3, -0.25) is 9.59 Å². The van der Waals surface area contributed by atoms with Gasteiger partial charge in [0.2, 0.25) is 5.91 Å². The van der Waals surface area contributed by atoms with Crippen molar-refractivity contribution in [2.75, 3.05) is 6.54 Å². The number of carbonyl (C=O) groups excluding carboxylic acids is 1. The Labute approximate surface area is 109 Å². The first-order valence-electron chi connectivity index (χ1n) is 5.41. The van der Waals surface area contributed by atoms with E-state index in [1.807, 2.05) is 0 Å². The van der Waals surface area contributed by atoms with Crippen LogP contribution in [-0.2, 0) is 9.59 Å². The van der Waals surface area contributed by atoms with E-state index in [0.717, 1.165) is 0 Å². The maximum atomic E-state index is 11.2. The molecule has 0 saturated heterocycles. The molecule has 0 aliphatic rings. The number of halogens is 1. The van der Waals surface area contributed by atoms with E-state index < -0.39 is 18.0 Å². The van der Waals surface area contributed by atoms with Crippen LogP contribution in [-0.4, -0.2) is 28.6 Å². The second-order valence-corrected chi connectivity index (χ2v) is 4.20. The molecule has 0 fully saturated rings. The van der Waals surface area contributed by atoms with Gasteiger partial charge in [0, 0.05) is 18.0 Å². The minimum absolute atomic E-state index is 0.0418. The Kier molecular flexibility index (Phi) is 5.61. The van der Waals surface area contributed by atoms with Crippen molar-refractivity contribution >= 4 is 23.5 Å². The van der Waals surface area contributed by atoms with E-state index in [1.165, 1.54) is 0 Å². The van der Waals surface area contributed by atoms with Gasteiger partial charge in [-0.25, -0.2) is 0 Å². The van der Waals surface area contributed by atoms with E-state index in [2.05, 4.69) is 5.32 Å². The zero-order chi connectivity index (χ0) is 13.5. The first-order chi connectivity index (χ1) is 8.49. The zero-order valence-electron chi connectivity index (χ0n) is 9.60. The summed E-state index contributed by atoms with van der Waals surface area (Å²) >= 11 is 5.71. The van der Waals surface area contributed by atoms with Crippen molar-refractivity contribution in [2.45, 2.75) is 18.9 Å². The lowest BCUT2D eigenvalue weighted by Crippen LogP contribution is -2.28. The number of hydrogen-bond acceptors (Lipinski definition) is 3. The van der Waals surface area contributed by atoms with Crippen molar-refractivity contribution in [3.8, 4) is 0 Å². The summed E-state index contributed by atoms with van der Waals surface area (Å²) in [5, 5.41) is 21.2. The number of carboxylic acids is 1. The number of nitrogens with one attached hydrogen (secondary N) is 1. The summed E-state index contributed by atoms with van der Waals surface area (Å²) in [5.41, 5.74) is 0.637. The normalized spacial score (nSPS) is 11.9. The van der Waals surface area contributed by atoms with Gasteiger partial charge in [-0.05, 0) is 17.7 Å². The molecule has 5 nitrogen and oxygen atoms in total. The third-order valence-corrected chi connectivity index (χ3v) is 2.57. The fourth-order valence-electron chi connectivity index (χ4n) is 1.32. The monoisotopic (exact) mass is 271 g/mol. The van der Waals surface area contributed by atoms with E-state index in [0.29, 0.717) is 10.6 Å². The topological polar surface area (TPSA) is 86.6 Å². The Morgan fingerprint density at radius 1 is 1.22 bits per heavy atom. The minimum Gasteiger partial charge on any atom is -0.481 e. The van der Waals surface area contributed by atoms with E-state index in [9.17, 15) is 14.7 Å². The summed E-state index contributed by atoms with van der Waals surface area (Å²) in [4.78, 5) is 21.5. The molecule has 6 heteroatoms. The van der Waals surface area contributed by atoms with Crippen molar-refractivity contribution in [1.29, 1.82) is 0 Å². The molecule has 3 N–H and O–H groups in total. The van der Waals surface area contributed by atoms with Crippen LogP contribution in [0.1, 0.15) is 24.5 Å². The van der Waals surface area contributed by atoms with Crippen LogP contribution in [0.15, 0.2) is 24.3 Å². The number of amides is 1. The smallest absolute Gasteiger partial charge is 0.303 e. The Morgan fingerprint density at radius 2 is 1.83 bits per heavy atom. The SMILES string of the molecule is O=C(O)CCC(=O)NCC(O)c1ccc(Cl)cc1. The third kappa shape index (κ3) is 5.16. The fraction of sp³-hybridized carbons (Fsp3) is 0.333. The summed E-state index contributed by atoms with van der Waals surface area (Å²) in [7, 11) is 0. The molecule has 18 heavy (non-hydrogen) atoms. The predicted octanol–water partition coefficient (Wildman–Crippen LogP) is 1.35. The van der Waals surface area contributed by atoms with Gasteiger partial charge in [0.15, 0.2) is 0 Å². The molecular formula is C12H14ClNO4. The Hall–Kier alpha value is -1.59. The maximum Gasteiger partial charge on any atom is 0.303 e. The third-order valence-electron chi connectivity index (χ3n) is 2.31. The van der Waals surface area contributed by atoms with E-state index in [4.69, 9.17) is 16.7 Å². The molecule has 0 spiro atoms. The fourth-order valence-corrected chi connectivity index (χ4v) is 1.45. The average Bonchev–Trinajstić information content (AvgIpc) is 2.34. The Morgan fingerprint density at radius 3 is 2.39 bits per heavy atom. The molecule has 1 aromatic carbocycles. The van der Waals surface area contributed by atoms with Gasteiger partial charge in [0.1, 0.15) is 0 Å². The quantitative estimate of drug-likeness (QED) is 0.729. The minimum atomic E-state index is -1.02. The predicted molar refractivity (Wildman–Crippen MR) is 66.3 cm³/mol. The molecular weight excluding hydrogens is 258 g/mol. The van der Waals surface area contributed by atoms with E-state index in [-0.39, 0.29) is 19.4 Å². The number of rotatable bonds is 6. The average molecular weight is 272 g/mol. The molecule has 0 heterocycles. The Bertz CT molecular complexity index is 419. The molecule has 0 aromatic heterocycles. The number of hydrogen-bond donors (Lipinski definition) is 3. The highest BCUT2D eigenvalue weighted by Crippen LogP contribution is 2.15. The van der Waals surface area contributed by atoms with Crippen LogP contribution in [0.5, 0.6) is 0 Å². The van der Waals surface area contributed by atoms with E-state index in [1.54, 1.807) is 24.3 Å². The maximum absolute atomic E-state index is 11.2. The zero-order valence-corrected chi connectivity index (χ0v) is 10.4. The van der Waals surface area contributed by atoms with E-state index >= 15 is 0 Å². The lowest BCUT2D eigenvalue weighted by Gasteiger charge is -2.12. The molecule has 0 aliphatic heterocycles. The summed E-state index contributed by atoms with van der Waals surface area (Å²) in [6.45, 7) is 0.0418. The van der Waals surface area contributed by atoms with Crippen molar-refractivity contribution in [2.24, 2.45) is 0 Å². The van der Waals surface area contributed by atoms with Crippen molar-refractivity contribution < 1.29 is 19.8 Å². The number of carboxylic acid groups (broad SMARTS) is 1. The van der Waals surface area contributed by atoms with Crippen molar-refractivity contribution in [3.05, 3.63) is 34.9 Å². The summed E-state index contributed by atoms with van der Waals surface area (Å²) in [6.07, 6.45) is -1.15.